The molecule has 0 spiro atoms. The molecule has 1 heterocycles. The molecule has 0 aromatic carbocycles. The first kappa shape index (κ1) is 11.4. The lowest BCUT2D eigenvalue weighted by Gasteiger charge is -1.92. The Morgan fingerprint density at radius 3 is 3.00 bits per heavy atom. The SMILES string of the molecule is CNCCC=Cc1nc(C)[nH]c1[N+](=O)[O-]. The number of H-pyrrole nitrogens is 1. The molecule has 0 aliphatic heterocycles. The van der Waals surface area contributed by atoms with Crippen LogP contribution < -0.4 is 5.32 Å². The van der Waals surface area contributed by atoms with Crippen molar-refractivity contribution in [2.75, 3.05) is 13.6 Å². The smallest absolute Gasteiger partial charge is 0.348 e. The van der Waals surface area contributed by atoms with Crippen LogP contribution in [0.4, 0.5) is 5.82 Å². The molecule has 0 atom stereocenters. The number of hydrogen-bond acceptors (Lipinski definition) is 4. The van der Waals surface area contributed by atoms with E-state index in [1.807, 2.05) is 13.1 Å². The van der Waals surface area contributed by atoms with E-state index in [2.05, 4.69) is 15.3 Å². The van der Waals surface area contributed by atoms with Crippen molar-refractivity contribution >= 4 is 11.9 Å². The maximum absolute atomic E-state index is 10.6. The van der Waals surface area contributed by atoms with Crippen molar-refractivity contribution in [3.63, 3.8) is 0 Å². The van der Waals surface area contributed by atoms with Crippen molar-refractivity contribution in [1.29, 1.82) is 0 Å². The fourth-order valence-corrected chi connectivity index (χ4v) is 1.17. The predicted molar refractivity (Wildman–Crippen MR) is 57.6 cm³/mol. The van der Waals surface area contributed by atoms with E-state index in [9.17, 15) is 10.1 Å². The number of nitro groups is 1. The van der Waals surface area contributed by atoms with Crippen LogP contribution in [0.25, 0.3) is 6.08 Å². The van der Waals surface area contributed by atoms with Crippen LogP contribution in [0.2, 0.25) is 0 Å². The number of nitrogens with zero attached hydrogens (tertiary/aromatic N) is 2. The number of rotatable bonds is 5. The maximum atomic E-state index is 10.6. The zero-order valence-corrected chi connectivity index (χ0v) is 8.78. The van der Waals surface area contributed by atoms with Crippen molar-refractivity contribution in [3.8, 4) is 0 Å². The fourth-order valence-electron chi connectivity index (χ4n) is 1.17. The summed E-state index contributed by atoms with van der Waals surface area (Å²) in [6.07, 6.45) is 4.34. The highest BCUT2D eigenvalue weighted by molar-refractivity contribution is 5.54. The lowest BCUT2D eigenvalue weighted by atomic mass is 10.3. The Bertz CT molecular complexity index is 370. The number of imidazole rings is 1. The van der Waals surface area contributed by atoms with E-state index in [1.54, 1.807) is 13.0 Å². The summed E-state index contributed by atoms with van der Waals surface area (Å²) in [6.45, 7) is 2.53. The van der Waals surface area contributed by atoms with Crippen LogP contribution in [0.3, 0.4) is 0 Å². The van der Waals surface area contributed by atoms with Gasteiger partial charge in [0.2, 0.25) is 0 Å². The number of nitrogens with one attached hydrogen (secondary N) is 2. The summed E-state index contributed by atoms with van der Waals surface area (Å²) in [5, 5.41) is 13.6. The van der Waals surface area contributed by atoms with Crippen LogP contribution in [0.5, 0.6) is 0 Å². The van der Waals surface area contributed by atoms with Gasteiger partial charge in [-0.3, -0.25) is 0 Å². The molecular weight excluding hydrogens is 196 g/mol. The van der Waals surface area contributed by atoms with Crippen LogP contribution >= 0.6 is 0 Å². The monoisotopic (exact) mass is 210 g/mol. The lowest BCUT2D eigenvalue weighted by Crippen LogP contribution is -2.05. The molecule has 0 saturated heterocycles. The molecule has 15 heavy (non-hydrogen) atoms. The van der Waals surface area contributed by atoms with Gasteiger partial charge >= 0.3 is 5.82 Å². The summed E-state index contributed by atoms with van der Waals surface area (Å²) in [5.41, 5.74) is 0.383. The van der Waals surface area contributed by atoms with Gasteiger partial charge in [-0.15, -0.1) is 0 Å². The summed E-state index contributed by atoms with van der Waals surface area (Å²) in [5.74, 6) is 0.503. The molecule has 0 radical (unpaired) electrons. The Labute approximate surface area is 87.6 Å². The molecule has 0 unspecified atom stereocenters. The number of aromatic nitrogens is 2. The third-order valence-electron chi connectivity index (χ3n) is 1.85. The third kappa shape index (κ3) is 3.17. The van der Waals surface area contributed by atoms with Crippen molar-refractivity contribution in [3.05, 3.63) is 27.7 Å². The molecule has 0 aliphatic carbocycles. The zero-order valence-electron chi connectivity index (χ0n) is 8.78. The summed E-state index contributed by atoms with van der Waals surface area (Å²) in [7, 11) is 1.86. The largest absolute Gasteiger partial charge is 0.358 e. The summed E-state index contributed by atoms with van der Waals surface area (Å²) < 4.78 is 0. The fraction of sp³-hybridized carbons (Fsp3) is 0.444. The quantitative estimate of drug-likeness (QED) is 0.435. The highest BCUT2D eigenvalue weighted by atomic mass is 16.6. The summed E-state index contributed by atoms with van der Waals surface area (Å²) >= 11 is 0. The van der Waals surface area contributed by atoms with E-state index in [-0.39, 0.29) is 5.82 Å². The average Bonchev–Trinajstić information content (AvgIpc) is 2.55. The number of aryl methyl sites for hydroxylation is 1. The molecule has 2 N–H and O–H groups in total. The van der Waals surface area contributed by atoms with E-state index in [0.717, 1.165) is 13.0 Å². The van der Waals surface area contributed by atoms with Gasteiger partial charge in [0.1, 0.15) is 0 Å². The molecule has 0 amide bonds. The van der Waals surface area contributed by atoms with Gasteiger partial charge in [-0.1, -0.05) is 6.08 Å². The molecule has 1 aromatic rings. The van der Waals surface area contributed by atoms with Crippen molar-refractivity contribution in [1.82, 2.24) is 15.3 Å². The number of hydrogen-bond donors (Lipinski definition) is 2. The second-order valence-corrected chi connectivity index (χ2v) is 3.11. The first-order valence-corrected chi connectivity index (χ1v) is 4.67. The Kier molecular flexibility index (Phi) is 3.99. The maximum Gasteiger partial charge on any atom is 0.348 e. The molecule has 82 valence electrons. The Balaban J connectivity index is 2.75. The molecule has 0 bridgehead atoms. The molecule has 6 nitrogen and oxygen atoms in total. The Hall–Kier alpha value is -1.69. The zero-order chi connectivity index (χ0) is 11.3. The Morgan fingerprint density at radius 1 is 1.67 bits per heavy atom. The van der Waals surface area contributed by atoms with E-state index in [0.29, 0.717) is 11.5 Å². The van der Waals surface area contributed by atoms with Crippen molar-refractivity contribution in [2.24, 2.45) is 0 Å². The molecule has 6 heteroatoms. The van der Waals surface area contributed by atoms with Gasteiger partial charge in [0, 0.05) is 6.92 Å². The Morgan fingerprint density at radius 2 is 2.40 bits per heavy atom. The molecule has 0 aliphatic rings. The summed E-state index contributed by atoms with van der Waals surface area (Å²) in [4.78, 5) is 16.8. The van der Waals surface area contributed by atoms with Gasteiger partial charge in [0.05, 0.1) is 0 Å². The minimum Gasteiger partial charge on any atom is -0.358 e. The van der Waals surface area contributed by atoms with Crippen molar-refractivity contribution < 1.29 is 4.92 Å². The van der Waals surface area contributed by atoms with Gasteiger partial charge < -0.3 is 15.4 Å². The highest BCUT2D eigenvalue weighted by Crippen LogP contribution is 2.16. The van der Waals surface area contributed by atoms with Crippen LogP contribution in [0.15, 0.2) is 6.08 Å². The first-order chi connectivity index (χ1) is 7.15. The molecule has 1 rings (SSSR count). The second-order valence-electron chi connectivity index (χ2n) is 3.11. The molecular formula is C9H14N4O2. The highest BCUT2D eigenvalue weighted by Gasteiger charge is 2.14. The van der Waals surface area contributed by atoms with Crippen molar-refractivity contribution in [2.45, 2.75) is 13.3 Å². The van der Waals surface area contributed by atoms with E-state index >= 15 is 0 Å². The number of aromatic amines is 1. The molecule has 0 fully saturated rings. The normalized spacial score (nSPS) is 11.1. The van der Waals surface area contributed by atoms with Gasteiger partial charge in [-0.2, -0.15) is 0 Å². The van der Waals surface area contributed by atoms with E-state index in [4.69, 9.17) is 0 Å². The first-order valence-electron chi connectivity index (χ1n) is 4.67. The molecule has 0 saturated carbocycles. The van der Waals surface area contributed by atoms with Gasteiger partial charge in [0.15, 0.2) is 11.5 Å². The van der Waals surface area contributed by atoms with Crippen LogP contribution in [0, 0.1) is 17.0 Å². The van der Waals surface area contributed by atoms with E-state index < -0.39 is 4.92 Å². The lowest BCUT2D eigenvalue weighted by molar-refractivity contribution is -0.389. The minimum atomic E-state index is -0.461. The van der Waals surface area contributed by atoms with Gasteiger partial charge in [-0.05, 0) is 31.0 Å². The second kappa shape index (κ2) is 5.26. The average molecular weight is 210 g/mol. The van der Waals surface area contributed by atoms with Gasteiger partial charge in [0.25, 0.3) is 0 Å². The van der Waals surface area contributed by atoms with Crippen LogP contribution in [-0.4, -0.2) is 28.5 Å². The summed E-state index contributed by atoms with van der Waals surface area (Å²) in [6, 6.07) is 0. The molecule has 1 aromatic heterocycles. The predicted octanol–water partition coefficient (Wildman–Crippen LogP) is 1.25. The standard InChI is InChI=1S/C9H14N4O2/c1-7-11-8(5-3-4-6-10-2)9(12-7)13(14)15/h3,5,10H,4,6H2,1-2H3,(H,11,12). The minimum absolute atomic E-state index is 0.0480. The van der Waals surface area contributed by atoms with Gasteiger partial charge in [-0.25, -0.2) is 9.97 Å². The van der Waals surface area contributed by atoms with E-state index in [1.165, 1.54) is 0 Å². The van der Waals surface area contributed by atoms with Crippen LogP contribution in [-0.2, 0) is 0 Å². The third-order valence-corrected chi connectivity index (χ3v) is 1.85. The van der Waals surface area contributed by atoms with Crippen LogP contribution in [0.1, 0.15) is 17.9 Å². The topological polar surface area (TPSA) is 83.8 Å².